The van der Waals surface area contributed by atoms with Crippen molar-refractivity contribution in [2.24, 2.45) is 5.73 Å². The number of rotatable bonds is 6. The van der Waals surface area contributed by atoms with E-state index in [1.54, 1.807) is 0 Å². The van der Waals surface area contributed by atoms with E-state index in [1.165, 1.54) is 25.3 Å². The topological polar surface area (TPSA) is 108 Å². The van der Waals surface area contributed by atoms with Gasteiger partial charge in [0.2, 0.25) is 15.9 Å². The highest BCUT2D eigenvalue weighted by Gasteiger charge is 2.30. The summed E-state index contributed by atoms with van der Waals surface area (Å²) in [6, 6.07) is 4.19. The van der Waals surface area contributed by atoms with E-state index in [-0.39, 0.29) is 22.6 Å². The van der Waals surface area contributed by atoms with Gasteiger partial charge in [0.15, 0.2) is 0 Å². The van der Waals surface area contributed by atoms with Crippen LogP contribution in [0.4, 0.5) is 0 Å². The lowest BCUT2D eigenvalue weighted by Gasteiger charge is -2.13. The van der Waals surface area contributed by atoms with Crippen molar-refractivity contribution in [3.05, 3.63) is 23.2 Å². The van der Waals surface area contributed by atoms with Gasteiger partial charge in [-0.3, -0.25) is 4.79 Å². The minimum Gasteiger partial charge on any atom is -0.495 e. The van der Waals surface area contributed by atoms with Crippen LogP contribution in [0.3, 0.4) is 0 Å². The molecular weight excluding hydrogens is 332 g/mol. The Morgan fingerprint density at radius 3 is 2.77 bits per heavy atom. The molecule has 2 rings (SSSR count). The fourth-order valence-corrected chi connectivity index (χ4v) is 3.58. The molecule has 0 saturated carbocycles. The molecule has 9 heteroatoms. The molecule has 1 heterocycles. The average molecular weight is 349 g/mol. The molecule has 1 amide bonds. The molecule has 122 valence electrons. The zero-order valence-corrected chi connectivity index (χ0v) is 13.5. The predicted octanol–water partition coefficient (Wildman–Crippen LogP) is 0.660. The quantitative estimate of drug-likeness (QED) is 0.785. The number of sulfonamides is 1. The third-order valence-electron chi connectivity index (χ3n) is 3.36. The van der Waals surface area contributed by atoms with Crippen LogP contribution in [-0.4, -0.2) is 40.2 Å². The van der Waals surface area contributed by atoms with E-state index in [9.17, 15) is 13.2 Å². The van der Waals surface area contributed by atoms with Crippen molar-refractivity contribution in [1.29, 1.82) is 0 Å². The Morgan fingerprint density at radius 1 is 1.50 bits per heavy atom. The van der Waals surface area contributed by atoms with Crippen molar-refractivity contribution in [2.45, 2.75) is 29.9 Å². The molecule has 0 aromatic heterocycles. The Balaban J connectivity index is 2.00. The predicted molar refractivity (Wildman–Crippen MR) is 80.3 cm³/mol. The Morgan fingerprint density at radius 2 is 2.23 bits per heavy atom. The number of ether oxygens (including phenoxy) is 2. The van der Waals surface area contributed by atoms with Crippen LogP contribution in [0, 0.1) is 0 Å². The van der Waals surface area contributed by atoms with Gasteiger partial charge in [0.1, 0.15) is 11.9 Å². The summed E-state index contributed by atoms with van der Waals surface area (Å²) in [5.41, 5.74) is 5.15. The van der Waals surface area contributed by atoms with Crippen LogP contribution >= 0.6 is 11.6 Å². The van der Waals surface area contributed by atoms with Crippen molar-refractivity contribution < 1.29 is 22.7 Å². The summed E-state index contributed by atoms with van der Waals surface area (Å²) in [5.74, 6) is -0.142. The molecule has 0 aliphatic carbocycles. The van der Waals surface area contributed by atoms with Crippen LogP contribution < -0.4 is 15.2 Å². The third kappa shape index (κ3) is 3.89. The summed E-state index contributed by atoms with van der Waals surface area (Å²) in [5, 5.41) is 0.205. The molecular formula is C13H17ClN2O5S. The molecule has 1 aromatic carbocycles. The van der Waals surface area contributed by atoms with Gasteiger partial charge in [-0.1, -0.05) is 11.6 Å². The molecule has 2 atom stereocenters. The summed E-state index contributed by atoms with van der Waals surface area (Å²) in [6.07, 6.45) is 0.0428. The number of halogens is 1. The van der Waals surface area contributed by atoms with E-state index in [0.29, 0.717) is 18.6 Å². The second-order valence-electron chi connectivity index (χ2n) is 4.87. The Labute approximate surface area is 133 Å². The molecule has 1 saturated heterocycles. The molecule has 1 aromatic rings. The van der Waals surface area contributed by atoms with Crippen LogP contribution in [0.15, 0.2) is 23.1 Å². The number of nitrogens with two attached hydrogens (primary N) is 1. The molecule has 0 radical (unpaired) electrons. The number of hydrogen-bond donors (Lipinski definition) is 2. The van der Waals surface area contributed by atoms with Crippen LogP contribution in [0.25, 0.3) is 0 Å². The van der Waals surface area contributed by atoms with Crippen molar-refractivity contribution in [1.82, 2.24) is 4.72 Å². The van der Waals surface area contributed by atoms with Crippen LogP contribution in [0.2, 0.25) is 5.02 Å². The molecule has 1 aliphatic rings. The smallest absolute Gasteiger partial charge is 0.246 e. The second kappa shape index (κ2) is 6.82. The normalized spacial score (nSPS) is 21.7. The van der Waals surface area contributed by atoms with E-state index in [4.69, 9.17) is 26.8 Å². The minimum atomic E-state index is -3.72. The molecule has 1 aliphatic heterocycles. The van der Waals surface area contributed by atoms with E-state index >= 15 is 0 Å². The third-order valence-corrected chi connectivity index (χ3v) is 5.08. The first-order valence-electron chi connectivity index (χ1n) is 6.61. The highest BCUT2D eigenvalue weighted by Crippen LogP contribution is 2.27. The zero-order valence-electron chi connectivity index (χ0n) is 11.9. The number of primary amides is 1. The van der Waals surface area contributed by atoms with E-state index in [1.807, 2.05) is 0 Å². The average Bonchev–Trinajstić information content (AvgIpc) is 2.94. The highest BCUT2D eigenvalue weighted by molar-refractivity contribution is 7.89. The maximum absolute atomic E-state index is 12.2. The SMILES string of the molecule is COc1ccc(S(=O)(=O)NC[C@H]2CC[C@@H](C(N)=O)O2)cc1Cl. The number of methoxy groups -OCH3 is 1. The minimum absolute atomic E-state index is 0.0303. The maximum Gasteiger partial charge on any atom is 0.246 e. The summed E-state index contributed by atoms with van der Waals surface area (Å²) >= 11 is 5.92. The Bertz CT molecular complexity index is 664. The van der Waals surface area contributed by atoms with Gasteiger partial charge in [0.05, 0.1) is 23.1 Å². The molecule has 0 bridgehead atoms. The van der Waals surface area contributed by atoms with Gasteiger partial charge < -0.3 is 15.2 Å². The van der Waals surface area contributed by atoms with Crippen LogP contribution in [0.5, 0.6) is 5.75 Å². The van der Waals surface area contributed by atoms with E-state index < -0.39 is 22.0 Å². The summed E-state index contributed by atoms with van der Waals surface area (Å²) in [4.78, 5) is 11.0. The fraction of sp³-hybridized carbons (Fsp3) is 0.462. The van der Waals surface area contributed by atoms with Gasteiger partial charge in [0, 0.05) is 6.54 Å². The molecule has 0 spiro atoms. The Kier molecular flexibility index (Phi) is 5.28. The zero-order chi connectivity index (χ0) is 16.3. The first-order chi connectivity index (χ1) is 10.3. The first kappa shape index (κ1) is 17.0. The molecule has 22 heavy (non-hydrogen) atoms. The standard InChI is InChI=1S/C13H17ClN2O5S/c1-20-11-5-3-9(6-10(11)14)22(18,19)16-7-8-2-4-12(21-8)13(15)17/h3,5-6,8,12,16H,2,4,7H2,1H3,(H2,15,17)/t8-,12+/m1/s1. The van der Waals surface area contributed by atoms with Crippen molar-refractivity contribution in [3.8, 4) is 5.75 Å². The second-order valence-corrected chi connectivity index (χ2v) is 7.05. The van der Waals surface area contributed by atoms with Gasteiger partial charge >= 0.3 is 0 Å². The van der Waals surface area contributed by atoms with Gasteiger partial charge in [0.25, 0.3) is 0 Å². The van der Waals surface area contributed by atoms with E-state index in [0.717, 1.165) is 0 Å². The summed E-state index contributed by atoms with van der Waals surface area (Å²) in [6.45, 7) is 0.0652. The van der Waals surface area contributed by atoms with Crippen LogP contribution in [0.1, 0.15) is 12.8 Å². The van der Waals surface area contributed by atoms with E-state index in [2.05, 4.69) is 4.72 Å². The van der Waals surface area contributed by atoms with Gasteiger partial charge in [-0.2, -0.15) is 0 Å². The molecule has 3 N–H and O–H groups in total. The number of carbonyl (C=O) groups is 1. The lowest BCUT2D eigenvalue weighted by atomic mass is 10.2. The van der Waals surface area contributed by atoms with Gasteiger partial charge in [-0.15, -0.1) is 0 Å². The van der Waals surface area contributed by atoms with Gasteiger partial charge in [-0.05, 0) is 31.0 Å². The summed E-state index contributed by atoms with van der Waals surface area (Å²) < 4.78 is 37.2. The maximum atomic E-state index is 12.2. The molecule has 0 unspecified atom stereocenters. The number of benzene rings is 1. The Hall–Kier alpha value is -1.35. The van der Waals surface area contributed by atoms with Gasteiger partial charge in [-0.25, -0.2) is 13.1 Å². The number of nitrogens with one attached hydrogen (secondary N) is 1. The first-order valence-corrected chi connectivity index (χ1v) is 8.47. The van der Waals surface area contributed by atoms with Crippen molar-refractivity contribution in [2.75, 3.05) is 13.7 Å². The number of amides is 1. The summed E-state index contributed by atoms with van der Waals surface area (Å²) in [7, 11) is -2.27. The number of carbonyl (C=O) groups excluding carboxylic acids is 1. The number of hydrogen-bond acceptors (Lipinski definition) is 5. The lowest BCUT2D eigenvalue weighted by molar-refractivity contribution is -0.128. The molecule has 1 fully saturated rings. The monoisotopic (exact) mass is 348 g/mol. The van der Waals surface area contributed by atoms with Crippen molar-refractivity contribution >= 4 is 27.5 Å². The van der Waals surface area contributed by atoms with Crippen molar-refractivity contribution in [3.63, 3.8) is 0 Å². The highest BCUT2D eigenvalue weighted by atomic mass is 35.5. The van der Waals surface area contributed by atoms with Crippen LogP contribution in [-0.2, 0) is 19.6 Å². The largest absolute Gasteiger partial charge is 0.495 e. The lowest BCUT2D eigenvalue weighted by Crippen LogP contribution is -2.34. The molecule has 7 nitrogen and oxygen atoms in total. The fourth-order valence-electron chi connectivity index (χ4n) is 2.17.